The fraction of sp³-hybridized carbons (Fsp3) is 0.0667. The van der Waals surface area contributed by atoms with Crippen LogP contribution in [-0.2, 0) is 0 Å². The van der Waals surface area contributed by atoms with E-state index in [1.165, 1.54) is 10.5 Å². The molecule has 0 radical (unpaired) electrons. The van der Waals surface area contributed by atoms with Crippen LogP contribution >= 0.6 is 0 Å². The van der Waals surface area contributed by atoms with Gasteiger partial charge in [-0.25, -0.2) is 18.6 Å². The summed E-state index contributed by atoms with van der Waals surface area (Å²) in [5.41, 5.74) is 1.59. The summed E-state index contributed by atoms with van der Waals surface area (Å²) in [7, 11) is 0. The third-order valence-electron chi connectivity index (χ3n) is 3.18. The highest BCUT2D eigenvalue weighted by Crippen LogP contribution is 2.26. The first-order chi connectivity index (χ1) is 9.97. The van der Waals surface area contributed by atoms with E-state index in [4.69, 9.17) is 0 Å². The molecule has 0 spiro atoms. The van der Waals surface area contributed by atoms with E-state index in [0.29, 0.717) is 5.65 Å². The van der Waals surface area contributed by atoms with Gasteiger partial charge in [-0.3, -0.25) is 4.40 Å². The van der Waals surface area contributed by atoms with Crippen molar-refractivity contribution in [3.63, 3.8) is 0 Å². The van der Waals surface area contributed by atoms with Gasteiger partial charge >= 0.3 is 5.97 Å². The van der Waals surface area contributed by atoms with Crippen molar-refractivity contribution in [3.8, 4) is 11.3 Å². The van der Waals surface area contributed by atoms with Crippen molar-refractivity contribution in [2.75, 3.05) is 0 Å². The summed E-state index contributed by atoms with van der Waals surface area (Å²) in [6.45, 7) is 1.85. The molecular formula is C15H10F2N2O2. The first-order valence-electron chi connectivity index (χ1n) is 6.15. The number of halogens is 2. The number of benzene rings is 1. The number of imidazole rings is 1. The van der Waals surface area contributed by atoms with Crippen LogP contribution in [0.15, 0.2) is 36.5 Å². The van der Waals surface area contributed by atoms with E-state index in [1.54, 1.807) is 18.3 Å². The fourth-order valence-corrected chi connectivity index (χ4v) is 2.20. The van der Waals surface area contributed by atoms with Gasteiger partial charge in [0.15, 0.2) is 17.3 Å². The molecule has 0 saturated carbocycles. The number of hydrogen-bond acceptors (Lipinski definition) is 2. The van der Waals surface area contributed by atoms with Crippen LogP contribution in [0.25, 0.3) is 16.9 Å². The number of fused-ring (bicyclic) bond motifs is 1. The monoisotopic (exact) mass is 288 g/mol. The predicted octanol–water partition coefficient (Wildman–Crippen LogP) is 3.29. The SMILES string of the molecule is Cc1ccn2c(C(=O)O)c(-c3ccc(F)c(F)c3)nc2c1. The van der Waals surface area contributed by atoms with Crippen LogP contribution in [-0.4, -0.2) is 20.5 Å². The molecule has 3 rings (SSSR count). The molecule has 2 aromatic heterocycles. The van der Waals surface area contributed by atoms with Crippen molar-refractivity contribution in [1.82, 2.24) is 9.38 Å². The second kappa shape index (κ2) is 4.66. The molecule has 3 aromatic rings. The Morgan fingerprint density at radius 3 is 2.62 bits per heavy atom. The number of pyridine rings is 1. The number of hydrogen-bond donors (Lipinski definition) is 1. The largest absolute Gasteiger partial charge is 0.476 e. The second-order valence-corrected chi connectivity index (χ2v) is 4.68. The van der Waals surface area contributed by atoms with Crippen molar-refractivity contribution in [2.45, 2.75) is 6.92 Å². The zero-order valence-electron chi connectivity index (χ0n) is 11.0. The molecule has 6 heteroatoms. The Morgan fingerprint density at radius 2 is 1.95 bits per heavy atom. The summed E-state index contributed by atoms with van der Waals surface area (Å²) in [4.78, 5) is 15.7. The lowest BCUT2D eigenvalue weighted by Gasteiger charge is -2.01. The van der Waals surface area contributed by atoms with Crippen LogP contribution in [0.4, 0.5) is 8.78 Å². The van der Waals surface area contributed by atoms with Crippen molar-refractivity contribution in [1.29, 1.82) is 0 Å². The number of aryl methyl sites for hydroxylation is 1. The smallest absolute Gasteiger partial charge is 0.355 e. The Bertz CT molecular complexity index is 871. The molecule has 0 unspecified atom stereocenters. The van der Waals surface area contributed by atoms with E-state index in [1.807, 2.05) is 6.92 Å². The zero-order chi connectivity index (χ0) is 15.1. The lowest BCUT2D eigenvalue weighted by atomic mass is 10.1. The number of rotatable bonds is 2. The fourth-order valence-electron chi connectivity index (χ4n) is 2.20. The van der Waals surface area contributed by atoms with E-state index in [0.717, 1.165) is 17.7 Å². The van der Waals surface area contributed by atoms with Crippen molar-refractivity contribution in [3.05, 3.63) is 59.4 Å². The number of carboxylic acid groups (broad SMARTS) is 1. The minimum absolute atomic E-state index is 0.0870. The Kier molecular flexibility index (Phi) is 2.94. The number of carbonyl (C=O) groups is 1. The lowest BCUT2D eigenvalue weighted by molar-refractivity contribution is 0.0690. The number of aromatic carboxylic acids is 1. The molecule has 4 nitrogen and oxygen atoms in total. The van der Waals surface area contributed by atoms with Crippen LogP contribution in [0.1, 0.15) is 16.1 Å². The maximum atomic E-state index is 13.4. The van der Waals surface area contributed by atoms with Gasteiger partial charge in [-0.05, 0) is 42.8 Å². The highest BCUT2D eigenvalue weighted by atomic mass is 19.2. The predicted molar refractivity (Wildman–Crippen MR) is 72.2 cm³/mol. The summed E-state index contributed by atoms with van der Waals surface area (Å²) >= 11 is 0. The molecular weight excluding hydrogens is 278 g/mol. The first-order valence-corrected chi connectivity index (χ1v) is 6.15. The summed E-state index contributed by atoms with van der Waals surface area (Å²) in [6.07, 6.45) is 1.59. The van der Waals surface area contributed by atoms with Crippen LogP contribution in [0.3, 0.4) is 0 Å². The van der Waals surface area contributed by atoms with Crippen molar-refractivity contribution in [2.24, 2.45) is 0 Å². The molecule has 0 amide bonds. The molecule has 1 N–H and O–H groups in total. The van der Waals surface area contributed by atoms with E-state index in [9.17, 15) is 18.7 Å². The molecule has 106 valence electrons. The lowest BCUT2D eigenvalue weighted by Crippen LogP contribution is -2.03. The highest BCUT2D eigenvalue weighted by Gasteiger charge is 2.20. The quantitative estimate of drug-likeness (QED) is 0.787. The zero-order valence-corrected chi connectivity index (χ0v) is 11.0. The molecule has 0 saturated heterocycles. The first kappa shape index (κ1) is 13.2. The van der Waals surface area contributed by atoms with E-state index >= 15 is 0 Å². The average molecular weight is 288 g/mol. The number of aromatic nitrogens is 2. The van der Waals surface area contributed by atoms with Gasteiger partial charge in [0.25, 0.3) is 0 Å². The van der Waals surface area contributed by atoms with Crippen LogP contribution in [0.5, 0.6) is 0 Å². The summed E-state index contributed by atoms with van der Waals surface area (Å²) < 4.78 is 27.8. The molecule has 0 atom stereocenters. The van der Waals surface area contributed by atoms with Crippen LogP contribution in [0, 0.1) is 18.6 Å². The number of carboxylic acids is 1. The summed E-state index contributed by atoms with van der Waals surface area (Å²) in [5, 5.41) is 9.38. The maximum Gasteiger partial charge on any atom is 0.355 e. The third-order valence-corrected chi connectivity index (χ3v) is 3.18. The Hall–Kier alpha value is -2.76. The van der Waals surface area contributed by atoms with Crippen LogP contribution in [0.2, 0.25) is 0 Å². The van der Waals surface area contributed by atoms with Gasteiger partial charge in [0.2, 0.25) is 0 Å². The minimum Gasteiger partial charge on any atom is -0.476 e. The Morgan fingerprint density at radius 1 is 1.19 bits per heavy atom. The molecule has 1 aromatic carbocycles. The molecule has 21 heavy (non-hydrogen) atoms. The van der Waals surface area contributed by atoms with E-state index < -0.39 is 17.6 Å². The molecule has 0 aliphatic carbocycles. The summed E-state index contributed by atoms with van der Waals surface area (Å²) in [5.74, 6) is -3.22. The standard InChI is InChI=1S/C15H10F2N2O2/c1-8-4-5-19-12(6-8)18-13(14(19)15(20)21)9-2-3-10(16)11(17)7-9/h2-7H,1H3,(H,20,21). The minimum atomic E-state index is -1.19. The van der Waals surface area contributed by atoms with Gasteiger partial charge in [-0.2, -0.15) is 0 Å². The molecule has 0 bridgehead atoms. The van der Waals surface area contributed by atoms with Gasteiger partial charge in [-0.15, -0.1) is 0 Å². The molecule has 2 heterocycles. The van der Waals surface area contributed by atoms with Crippen LogP contribution < -0.4 is 0 Å². The third kappa shape index (κ3) is 2.14. The Balaban J connectivity index is 2.33. The van der Waals surface area contributed by atoms with Gasteiger partial charge in [0.1, 0.15) is 11.3 Å². The average Bonchev–Trinajstić information content (AvgIpc) is 2.80. The second-order valence-electron chi connectivity index (χ2n) is 4.68. The van der Waals surface area contributed by atoms with Gasteiger partial charge < -0.3 is 5.11 Å². The normalized spacial score (nSPS) is 11.0. The van der Waals surface area contributed by atoms with Gasteiger partial charge in [0.05, 0.1) is 0 Å². The van der Waals surface area contributed by atoms with Crippen molar-refractivity contribution < 1.29 is 18.7 Å². The maximum absolute atomic E-state index is 13.4. The van der Waals surface area contributed by atoms with E-state index in [-0.39, 0.29) is 17.0 Å². The molecule has 0 aliphatic rings. The molecule has 0 fully saturated rings. The van der Waals surface area contributed by atoms with E-state index in [2.05, 4.69) is 4.98 Å². The topological polar surface area (TPSA) is 54.6 Å². The Labute approximate surface area is 118 Å². The van der Waals surface area contributed by atoms with Crippen molar-refractivity contribution >= 4 is 11.6 Å². The number of nitrogens with zero attached hydrogens (tertiary/aromatic N) is 2. The van der Waals surface area contributed by atoms with Gasteiger partial charge in [0, 0.05) is 11.8 Å². The highest BCUT2D eigenvalue weighted by molar-refractivity contribution is 5.94. The summed E-state index contributed by atoms with van der Waals surface area (Å²) in [6, 6.07) is 6.66. The van der Waals surface area contributed by atoms with Gasteiger partial charge in [-0.1, -0.05) is 0 Å². The molecule has 0 aliphatic heterocycles.